The van der Waals surface area contributed by atoms with Gasteiger partial charge in [-0.05, 0) is 27.7 Å². The topological polar surface area (TPSA) is 58.6 Å². The summed E-state index contributed by atoms with van der Waals surface area (Å²) in [5, 5.41) is 3.22. The SMILES string of the molecule is CC(C)OCCS(=O)(=O)N1C(C)CNCC1C. The normalized spacial score (nSPS) is 27.6. The lowest BCUT2D eigenvalue weighted by Gasteiger charge is -2.38. The predicted octanol–water partition coefficient (Wildman–Crippen LogP) is 0.423. The lowest BCUT2D eigenvalue weighted by molar-refractivity contribution is 0.0900. The van der Waals surface area contributed by atoms with Gasteiger partial charge in [-0.2, -0.15) is 4.31 Å². The molecule has 5 nitrogen and oxygen atoms in total. The predicted molar refractivity (Wildman–Crippen MR) is 68.5 cm³/mol. The molecule has 2 unspecified atom stereocenters. The minimum Gasteiger partial charge on any atom is -0.378 e. The molecule has 17 heavy (non-hydrogen) atoms. The first kappa shape index (κ1) is 14.9. The van der Waals surface area contributed by atoms with Crippen molar-refractivity contribution in [1.29, 1.82) is 0 Å². The number of nitrogens with zero attached hydrogens (tertiary/aromatic N) is 1. The summed E-state index contributed by atoms with van der Waals surface area (Å²) in [5.41, 5.74) is 0. The van der Waals surface area contributed by atoms with E-state index < -0.39 is 10.0 Å². The van der Waals surface area contributed by atoms with Gasteiger partial charge in [0.1, 0.15) is 0 Å². The summed E-state index contributed by atoms with van der Waals surface area (Å²) in [5.74, 6) is 0.0693. The van der Waals surface area contributed by atoms with Crippen LogP contribution in [0, 0.1) is 0 Å². The highest BCUT2D eigenvalue weighted by atomic mass is 32.2. The number of rotatable bonds is 5. The van der Waals surface area contributed by atoms with Gasteiger partial charge in [0.25, 0.3) is 0 Å². The minimum atomic E-state index is -3.21. The molecule has 1 fully saturated rings. The molecular formula is C11H24N2O3S. The molecule has 1 saturated heterocycles. The number of hydrogen-bond donors (Lipinski definition) is 1. The summed E-state index contributed by atoms with van der Waals surface area (Å²) in [4.78, 5) is 0. The van der Waals surface area contributed by atoms with Crippen LogP contribution in [0.1, 0.15) is 27.7 Å². The molecule has 0 saturated carbocycles. The molecule has 1 aliphatic heterocycles. The summed E-state index contributed by atoms with van der Waals surface area (Å²) < 4.78 is 31.3. The number of piperazine rings is 1. The smallest absolute Gasteiger partial charge is 0.216 e. The first-order valence-corrected chi connectivity index (χ1v) is 7.79. The third-order valence-corrected chi connectivity index (χ3v) is 4.91. The summed E-state index contributed by atoms with van der Waals surface area (Å²) in [6.07, 6.45) is 0.0723. The Hall–Kier alpha value is -0.170. The van der Waals surface area contributed by atoms with Crippen LogP contribution < -0.4 is 5.32 Å². The maximum Gasteiger partial charge on any atom is 0.216 e. The largest absolute Gasteiger partial charge is 0.378 e. The van der Waals surface area contributed by atoms with Crippen LogP contribution in [0.25, 0.3) is 0 Å². The molecule has 0 aliphatic carbocycles. The van der Waals surface area contributed by atoms with Crippen molar-refractivity contribution >= 4 is 10.0 Å². The fourth-order valence-electron chi connectivity index (χ4n) is 2.16. The van der Waals surface area contributed by atoms with E-state index in [2.05, 4.69) is 5.32 Å². The van der Waals surface area contributed by atoms with E-state index in [0.717, 1.165) is 0 Å². The van der Waals surface area contributed by atoms with Gasteiger partial charge >= 0.3 is 0 Å². The molecule has 0 aromatic carbocycles. The molecule has 0 aromatic heterocycles. The second-order valence-electron chi connectivity index (χ2n) is 4.92. The summed E-state index contributed by atoms with van der Waals surface area (Å²) >= 11 is 0. The maximum absolute atomic E-state index is 12.2. The monoisotopic (exact) mass is 264 g/mol. The van der Waals surface area contributed by atoms with E-state index in [-0.39, 0.29) is 30.5 Å². The lowest BCUT2D eigenvalue weighted by Crippen LogP contribution is -2.57. The third-order valence-electron chi connectivity index (χ3n) is 2.86. The van der Waals surface area contributed by atoms with Crippen LogP contribution >= 0.6 is 0 Å². The van der Waals surface area contributed by atoms with Gasteiger partial charge in [0, 0.05) is 25.2 Å². The van der Waals surface area contributed by atoms with E-state index in [1.165, 1.54) is 0 Å². The Kier molecular flexibility index (Phi) is 5.37. The van der Waals surface area contributed by atoms with Crippen LogP contribution in [-0.4, -0.2) is 56.4 Å². The highest BCUT2D eigenvalue weighted by molar-refractivity contribution is 7.89. The van der Waals surface area contributed by atoms with Crippen LogP contribution in [0.4, 0.5) is 0 Å². The fourth-order valence-corrected chi connectivity index (χ4v) is 3.92. The average molecular weight is 264 g/mol. The van der Waals surface area contributed by atoms with Gasteiger partial charge in [-0.25, -0.2) is 8.42 Å². The van der Waals surface area contributed by atoms with Gasteiger partial charge < -0.3 is 10.1 Å². The van der Waals surface area contributed by atoms with Crippen molar-refractivity contribution in [3.05, 3.63) is 0 Å². The van der Waals surface area contributed by atoms with Crippen molar-refractivity contribution in [2.45, 2.75) is 45.9 Å². The minimum absolute atomic E-state index is 0.0165. The Balaban J connectivity index is 2.61. The van der Waals surface area contributed by atoms with Crippen LogP contribution in [0.3, 0.4) is 0 Å². The van der Waals surface area contributed by atoms with E-state index in [0.29, 0.717) is 13.1 Å². The van der Waals surface area contributed by atoms with E-state index in [9.17, 15) is 8.42 Å². The number of nitrogens with one attached hydrogen (secondary N) is 1. The Morgan fingerprint density at radius 2 is 1.82 bits per heavy atom. The zero-order valence-electron chi connectivity index (χ0n) is 11.1. The molecule has 1 heterocycles. The molecule has 102 valence electrons. The van der Waals surface area contributed by atoms with E-state index >= 15 is 0 Å². The molecule has 6 heteroatoms. The number of ether oxygens (including phenoxy) is 1. The summed E-state index contributed by atoms with van der Waals surface area (Å²) in [6, 6.07) is 0.0330. The van der Waals surface area contributed by atoms with Crippen LogP contribution in [0.5, 0.6) is 0 Å². The van der Waals surface area contributed by atoms with Crippen molar-refractivity contribution in [3.8, 4) is 0 Å². The zero-order chi connectivity index (χ0) is 13.1. The van der Waals surface area contributed by atoms with Crippen molar-refractivity contribution < 1.29 is 13.2 Å². The standard InChI is InChI=1S/C11H24N2O3S/c1-9(2)16-5-6-17(14,15)13-10(3)7-12-8-11(13)4/h9-12H,5-8H2,1-4H3. The van der Waals surface area contributed by atoms with Crippen molar-refractivity contribution in [1.82, 2.24) is 9.62 Å². The molecule has 0 aromatic rings. The highest BCUT2D eigenvalue weighted by Gasteiger charge is 2.34. The summed E-state index contributed by atoms with van der Waals surface area (Å²) in [6.45, 7) is 9.38. The quantitative estimate of drug-likeness (QED) is 0.782. The van der Waals surface area contributed by atoms with E-state index in [1.54, 1.807) is 4.31 Å². The zero-order valence-corrected chi connectivity index (χ0v) is 12.0. The molecule has 0 spiro atoms. The molecular weight excluding hydrogens is 240 g/mol. The molecule has 0 bridgehead atoms. The van der Waals surface area contributed by atoms with Crippen molar-refractivity contribution in [2.75, 3.05) is 25.4 Å². The first-order valence-electron chi connectivity index (χ1n) is 6.18. The van der Waals surface area contributed by atoms with Gasteiger partial charge in [-0.15, -0.1) is 0 Å². The maximum atomic E-state index is 12.2. The molecule has 0 radical (unpaired) electrons. The fraction of sp³-hybridized carbons (Fsp3) is 1.00. The lowest BCUT2D eigenvalue weighted by atomic mass is 10.2. The highest BCUT2D eigenvalue weighted by Crippen LogP contribution is 2.15. The average Bonchev–Trinajstić information content (AvgIpc) is 2.15. The van der Waals surface area contributed by atoms with Crippen LogP contribution in [0.15, 0.2) is 0 Å². The van der Waals surface area contributed by atoms with Crippen LogP contribution in [0.2, 0.25) is 0 Å². The Morgan fingerprint density at radius 3 is 2.29 bits per heavy atom. The first-order chi connectivity index (χ1) is 7.84. The Morgan fingerprint density at radius 1 is 1.29 bits per heavy atom. The van der Waals surface area contributed by atoms with Gasteiger partial charge in [0.15, 0.2) is 0 Å². The van der Waals surface area contributed by atoms with Crippen molar-refractivity contribution in [3.63, 3.8) is 0 Å². The molecule has 0 amide bonds. The van der Waals surface area contributed by atoms with Gasteiger partial charge in [0.05, 0.1) is 18.5 Å². The molecule has 1 aliphatic rings. The van der Waals surface area contributed by atoms with E-state index in [4.69, 9.17) is 4.74 Å². The number of hydrogen-bond acceptors (Lipinski definition) is 4. The van der Waals surface area contributed by atoms with Gasteiger partial charge in [-0.1, -0.05) is 0 Å². The second-order valence-corrected chi connectivity index (χ2v) is 6.92. The van der Waals surface area contributed by atoms with Gasteiger partial charge in [0.2, 0.25) is 10.0 Å². The molecule has 2 atom stereocenters. The second kappa shape index (κ2) is 6.13. The molecule has 1 N–H and O–H groups in total. The summed E-state index contributed by atoms with van der Waals surface area (Å²) in [7, 11) is -3.21. The van der Waals surface area contributed by atoms with Crippen molar-refractivity contribution in [2.24, 2.45) is 0 Å². The Bertz CT molecular complexity index is 320. The number of sulfonamides is 1. The van der Waals surface area contributed by atoms with Crippen LogP contribution in [-0.2, 0) is 14.8 Å². The third kappa shape index (κ3) is 4.21. The van der Waals surface area contributed by atoms with Gasteiger partial charge in [-0.3, -0.25) is 0 Å². The van der Waals surface area contributed by atoms with E-state index in [1.807, 2.05) is 27.7 Å². The Labute approximate surface area is 105 Å². The molecule has 1 rings (SSSR count).